The summed E-state index contributed by atoms with van der Waals surface area (Å²) in [5, 5.41) is 16.1. The van der Waals surface area contributed by atoms with Crippen LogP contribution in [0.5, 0.6) is 0 Å². The first-order valence-corrected chi connectivity index (χ1v) is 5.55. The van der Waals surface area contributed by atoms with E-state index in [1.165, 1.54) is 4.68 Å². The number of hydrogen-bond donors (Lipinski definition) is 1. The molecule has 7 heteroatoms. The van der Waals surface area contributed by atoms with Crippen molar-refractivity contribution in [3.05, 3.63) is 23.3 Å². The lowest BCUT2D eigenvalue weighted by molar-refractivity contribution is 0.0691. The van der Waals surface area contributed by atoms with E-state index in [1.54, 1.807) is 0 Å². The maximum Gasteiger partial charge on any atom is 0.338 e. The van der Waals surface area contributed by atoms with E-state index >= 15 is 0 Å². The summed E-state index contributed by atoms with van der Waals surface area (Å²) in [4.78, 5) is 10.8. The van der Waals surface area contributed by atoms with Gasteiger partial charge in [-0.2, -0.15) is 0 Å². The van der Waals surface area contributed by atoms with Crippen molar-refractivity contribution in [1.82, 2.24) is 15.0 Å². The number of rotatable bonds is 2. The van der Waals surface area contributed by atoms with Crippen LogP contribution in [-0.4, -0.2) is 26.1 Å². The second-order valence-corrected chi connectivity index (χ2v) is 4.34. The summed E-state index contributed by atoms with van der Waals surface area (Å²) < 4.78 is 29.1. The van der Waals surface area contributed by atoms with E-state index in [0.29, 0.717) is 6.07 Å². The number of carboxylic acids is 1. The van der Waals surface area contributed by atoms with Crippen LogP contribution in [-0.2, 0) is 0 Å². The number of hydrogen-bond acceptors (Lipinski definition) is 3. The van der Waals surface area contributed by atoms with Crippen LogP contribution in [0.25, 0.3) is 11.0 Å². The molecule has 1 aromatic carbocycles. The third-order valence-electron chi connectivity index (χ3n) is 3.29. The number of halogens is 2. The Morgan fingerprint density at radius 2 is 2.17 bits per heavy atom. The largest absolute Gasteiger partial charge is 0.478 e. The van der Waals surface area contributed by atoms with Gasteiger partial charge in [0.15, 0.2) is 17.2 Å². The summed E-state index contributed by atoms with van der Waals surface area (Å²) in [6.07, 6.45) is 2.71. The normalized spacial score (nSPS) is 15.9. The molecule has 0 aliphatic heterocycles. The predicted octanol–water partition coefficient (Wildman–Crippen LogP) is 2.13. The van der Waals surface area contributed by atoms with Gasteiger partial charge in [-0.3, -0.25) is 0 Å². The smallest absolute Gasteiger partial charge is 0.338 e. The maximum atomic E-state index is 13.9. The lowest BCUT2D eigenvalue weighted by Gasteiger charge is -2.25. The van der Waals surface area contributed by atoms with Crippen LogP contribution in [0.15, 0.2) is 6.07 Å². The Labute approximate surface area is 100 Å². The van der Waals surface area contributed by atoms with Gasteiger partial charge in [-0.25, -0.2) is 18.3 Å². The SMILES string of the molecule is O=C(O)c1cc(F)c2c(nnn2C2CCC2)c1F. The minimum Gasteiger partial charge on any atom is -0.478 e. The first-order chi connectivity index (χ1) is 8.59. The van der Waals surface area contributed by atoms with Crippen molar-refractivity contribution in [3.63, 3.8) is 0 Å². The molecule has 3 rings (SSSR count). The molecule has 1 saturated carbocycles. The van der Waals surface area contributed by atoms with Gasteiger partial charge in [-0.15, -0.1) is 5.10 Å². The Morgan fingerprint density at radius 3 is 2.72 bits per heavy atom. The van der Waals surface area contributed by atoms with Crippen molar-refractivity contribution in [3.8, 4) is 0 Å². The molecule has 0 saturated heterocycles. The van der Waals surface area contributed by atoms with E-state index in [-0.39, 0.29) is 17.1 Å². The van der Waals surface area contributed by atoms with Crippen LogP contribution in [0.3, 0.4) is 0 Å². The average molecular weight is 253 g/mol. The van der Waals surface area contributed by atoms with E-state index < -0.39 is 23.2 Å². The number of benzene rings is 1. The summed E-state index contributed by atoms with van der Waals surface area (Å²) in [5.41, 5.74) is -1.10. The molecule has 1 heterocycles. The monoisotopic (exact) mass is 253 g/mol. The van der Waals surface area contributed by atoms with E-state index in [1.807, 2.05) is 0 Å². The van der Waals surface area contributed by atoms with Gasteiger partial charge in [0, 0.05) is 0 Å². The number of carboxylic acid groups (broad SMARTS) is 1. The highest BCUT2D eigenvalue weighted by molar-refractivity contribution is 5.93. The molecular weight excluding hydrogens is 244 g/mol. The Kier molecular flexibility index (Phi) is 2.29. The first kappa shape index (κ1) is 11.1. The van der Waals surface area contributed by atoms with Gasteiger partial charge in [-0.1, -0.05) is 5.21 Å². The second-order valence-electron chi connectivity index (χ2n) is 4.34. The quantitative estimate of drug-likeness (QED) is 0.890. The molecule has 0 radical (unpaired) electrons. The summed E-state index contributed by atoms with van der Waals surface area (Å²) in [6.45, 7) is 0. The first-order valence-electron chi connectivity index (χ1n) is 5.55. The summed E-state index contributed by atoms with van der Waals surface area (Å²) in [6, 6.07) is 0.706. The van der Waals surface area contributed by atoms with Crippen LogP contribution < -0.4 is 0 Å². The zero-order valence-corrected chi connectivity index (χ0v) is 9.23. The molecule has 1 aliphatic carbocycles. The van der Waals surface area contributed by atoms with Crippen molar-refractivity contribution >= 4 is 17.0 Å². The molecule has 2 aromatic rings. The zero-order valence-electron chi connectivity index (χ0n) is 9.23. The maximum absolute atomic E-state index is 13.9. The lowest BCUT2D eigenvalue weighted by Crippen LogP contribution is -2.18. The van der Waals surface area contributed by atoms with Gasteiger partial charge in [-0.05, 0) is 25.3 Å². The van der Waals surface area contributed by atoms with E-state index in [9.17, 15) is 13.6 Å². The molecule has 1 N–H and O–H groups in total. The van der Waals surface area contributed by atoms with Crippen LogP contribution >= 0.6 is 0 Å². The van der Waals surface area contributed by atoms with Crippen molar-refractivity contribution in [2.24, 2.45) is 0 Å². The molecule has 1 aromatic heterocycles. The molecule has 5 nitrogen and oxygen atoms in total. The molecule has 0 atom stereocenters. The highest BCUT2D eigenvalue weighted by Crippen LogP contribution is 2.34. The molecule has 0 spiro atoms. The van der Waals surface area contributed by atoms with Gasteiger partial charge < -0.3 is 5.11 Å². The Hall–Kier alpha value is -2.05. The van der Waals surface area contributed by atoms with Gasteiger partial charge >= 0.3 is 5.97 Å². The van der Waals surface area contributed by atoms with Crippen molar-refractivity contribution < 1.29 is 18.7 Å². The van der Waals surface area contributed by atoms with Crippen LogP contribution in [0.2, 0.25) is 0 Å². The summed E-state index contributed by atoms with van der Waals surface area (Å²) in [7, 11) is 0. The fourth-order valence-corrected chi connectivity index (χ4v) is 2.09. The summed E-state index contributed by atoms with van der Waals surface area (Å²) >= 11 is 0. The van der Waals surface area contributed by atoms with Crippen molar-refractivity contribution in [2.75, 3.05) is 0 Å². The minimum atomic E-state index is -1.52. The van der Waals surface area contributed by atoms with Gasteiger partial charge in [0.05, 0.1) is 6.04 Å². The number of aromatic nitrogens is 3. The molecule has 0 bridgehead atoms. The average Bonchev–Trinajstić information content (AvgIpc) is 2.66. The van der Waals surface area contributed by atoms with Crippen molar-refractivity contribution in [1.29, 1.82) is 0 Å². The molecule has 1 aliphatic rings. The fraction of sp³-hybridized carbons (Fsp3) is 0.364. The highest BCUT2D eigenvalue weighted by atomic mass is 19.1. The number of aromatic carboxylic acids is 1. The number of carbonyl (C=O) groups is 1. The van der Waals surface area contributed by atoms with Crippen molar-refractivity contribution in [2.45, 2.75) is 25.3 Å². The zero-order chi connectivity index (χ0) is 12.9. The molecular formula is C11H9F2N3O2. The lowest BCUT2D eigenvalue weighted by atomic mass is 9.93. The molecule has 0 unspecified atom stereocenters. The number of fused-ring (bicyclic) bond motifs is 1. The number of nitrogens with zero attached hydrogens (tertiary/aromatic N) is 3. The standard InChI is InChI=1S/C11H9F2N3O2/c12-7-4-6(11(17)18)8(13)9-10(7)16(15-14-9)5-2-1-3-5/h4-5H,1-3H2,(H,17,18). The Morgan fingerprint density at radius 1 is 1.44 bits per heavy atom. The van der Waals surface area contributed by atoms with E-state index in [4.69, 9.17) is 5.11 Å². The van der Waals surface area contributed by atoms with Gasteiger partial charge in [0.1, 0.15) is 11.1 Å². The Bertz CT molecular complexity index is 649. The highest BCUT2D eigenvalue weighted by Gasteiger charge is 2.27. The van der Waals surface area contributed by atoms with Crippen LogP contribution in [0.1, 0.15) is 35.7 Å². The minimum absolute atomic E-state index is 0.0274. The van der Waals surface area contributed by atoms with Gasteiger partial charge in [0.25, 0.3) is 0 Å². The van der Waals surface area contributed by atoms with E-state index in [0.717, 1.165) is 19.3 Å². The topological polar surface area (TPSA) is 68.0 Å². The molecule has 0 amide bonds. The molecule has 18 heavy (non-hydrogen) atoms. The predicted molar refractivity (Wildman–Crippen MR) is 57.3 cm³/mol. The summed E-state index contributed by atoms with van der Waals surface area (Å²) in [5.74, 6) is -3.36. The molecule has 94 valence electrons. The van der Waals surface area contributed by atoms with Crippen LogP contribution in [0.4, 0.5) is 8.78 Å². The van der Waals surface area contributed by atoms with Gasteiger partial charge in [0.2, 0.25) is 0 Å². The third-order valence-corrected chi connectivity index (χ3v) is 3.29. The Balaban J connectivity index is 2.27. The van der Waals surface area contributed by atoms with Crippen LogP contribution in [0, 0.1) is 11.6 Å². The molecule has 1 fully saturated rings. The van der Waals surface area contributed by atoms with E-state index in [2.05, 4.69) is 10.3 Å². The third kappa shape index (κ3) is 1.40. The second kappa shape index (κ2) is 3.72. The fourth-order valence-electron chi connectivity index (χ4n) is 2.09.